The molecule has 2 rings (SSSR count). The first kappa shape index (κ1) is 16.3. The number of nitrogens with one attached hydrogen (secondary N) is 1. The molecule has 1 amide bonds. The van der Waals surface area contributed by atoms with Crippen molar-refractivity contribution in [1.29, 1.82) is 0 Å². The molecule has 1 heterocycles. The number of piperidine rings is 1. The van der Waals surface area contributed by atoms with Crippen LogP contribution in [-0.2, 0) is 4.79 Å². The lowest BCUT2D eigenvalue weighted by atomic mass is 10.0. The van der Waals surface area contributed by atoms with Crippen molar-refractivity contribution in [2.45, 2.75) is 45.7 Å². The molecule has 1 saturated heterocycles. The first-order valence-corrected chi connectivity index (χ1v) is 8.15. The maximum atomic E-state index is 12.0. The largest absolute Gasteiger partial charge is 0.342 e. The van der Waals surface area contributed by atoms with Crippen LogP contribution in [0.15, 0.2) is 24.3 Å². The lowest BCUT2D eigenvalue weighted by molar-refractivity contribution is -0.135. The zero-order valence-electron chi connectivity index (χ0n) is 13.1. The molecule has 1 N–H and O–H groups in total. The van der Waals surface area contributed by atoms with Crippen LogP contribution in [0.1, 0.15) is 45.2 Å². The van der Waals surface area contributed by atoms with Gasteiger partial charge < -0.3 is 10.2 Å². The minimum absolute atomic E-state index is 0.0995. The van der Waals surface area contributed by atoms with Crippen LogP contribution in [0, 0.1) is 5.92 Å². The van der Waals surface area contributed by atoms with Crippen LogP contribution in [0.3, 0.4) is 0 Å². The van der Waals surface area contributed by atoms with Gasteiger partial charge in [0.2, 0.25) is 5.91 Å². The summed E-state index contributed by atoms with van der Waals surface area (Å²) in [6.07, 6.45) is 2.05. The molecule has 116 valence electrons. The lowest BCUT2D eigenvalue weighted by Crippen LogP contribution is -2.46. The van der Waals surface area contributed by atoms with E-state index >= 15 is 0 Å². The molecule has 0 spiro atoms. The van der Waals surface area contributed by atoms with E-state index in [4.69, 9.17) is 11.6 Å². The molecule has 0 aliphatic carbocycles. The van der Waals surface area contributed by atoms with Crippen LogP contribution in [-0.4, -0.2) is 29.9 Å². The Labute approximate surface area is 132 Å². The summed E-state index contributed by atoms with van der Waals surface area (Å²) >= 11 is 5.92. The van der Waals surface area contributed by atoms with Crippen molar-refractivity contribution < 1.29 is 4.79 Å². The van der Waals surface area contributed by atoms with Gasteiger partial charge in [-0.1, -0.05) is 37.6 Å². The highest BCUT2D eigenvalue weighted by atomic mass is 35.5. The number of carbonyl (C=O) groups excluding carboxylic acids is 1. The Bertz CT molecular complexity index is 464. The average molecular weight is 309 g/mol. The number of rotatable bonds is 4. The third-order valence-corrected chi connectivity index (χ3v) is 4.41. The Kier molecular flexibility index (Phi) is 5.65. The molecule has 21 heavy (non-hydrogen) atoms. The summed E-state index contributed by atoms with van der Waals surface area (Å²) in [6.45, 7) is 7.84. The first-order valence-electron chi connectivity index (χ1n) is 7.77. The van der Waals surface area contributed by atoms with Crippen molar-refractivity contribution in [2.75, 3.05) is 13.1 Å². The molecule has 1 fully saturated rings. The van der Waals surface area contributed by atoms with Crippen molar-refractivity contribution in [1.82, 2.24) is 10.2 Å². The maximum absolute atomic E-state index is 12.0. The Hall–Kier alpha value is -1.06. The second-order valence-electron chi connectivity index (χ2n) is 6.19. The highest BCUT2D eigenvalue weighted by molar-refractivity contribution is 6.30. The average Bonchev–Trinajstić information content (AvgIpc) is 2.47. The van der Waals surface area contributed by atoms with Crippen LogP contribution >= 0.6 is 11.6 Å². The molecule has 1 unspecified atom stereocenters. The Balaban J connectivity index is 1.83. The summed E-state index contributed by atoms with van der Waals surface area (Å²) in [5.41, 5.74) is 1.25. The van der Waals surface area contributed by atoms with Crippen molar-refractivity contribution in [3.8, 4) is 0 Å². The number of likely N-dealkylation sites (tertiary alicyclic amines) is 1. The summed E-state index contributed by atoms with van der Waals surface area (Å²) in [4.78, 5) is 14.0. The zero-order valence-corrected chi connectivity index (χ0v) is 13.9. The van der Waals surface area contributed by atoms with E-state index in [1.54, 1.807) is 0 Å². The highest BCUT2D eigenvalue weighted by Gasteiger charge is 2.24. The second kappa shape index (κ2) is 7.28. The topological polar surface area (TPSA) is 32.3 Å². The van der Waals surface area contributed by atoms with Gasteiger partial charge in [0.05, 0.1) is 0 Å². The molecule has 1 aromatic rings. The second-order valence-corrected chi connectivity index (χ2v) is 6.63. The standard InChI is InChI=1S/C17H25ClN2O/c1-12(2)17(21)20-10-8-16(9-11-20)19-13(3)14-4-6-15(18)7-5-14/h4-7,12-13,16,19H,8-11H2,1-3H3. The van der Waals surface area contributed by atoms with Gasteiger partial charge in [0.15, 0.2) is 0 Å². The molecule has 1 aliphatic rings. The number of amides is 1. The van der Waals surface area contributed by atoms with Crippen molar-refractivity contribution in [2.24, 2.45) is 5.92 Å². The van der Waals surface area contributed by atoms with Gasteiger partial charge in [-0.3, -0.25) is 4.79 Å². The van der Waals surface area contributed by atoms with Gasteiger partial charge in [-0.25, -0.2) is 0 Å². The number of halogens is 1. The van der Waals surface area contributed by atoms with Crippen molar-refractivity contribution in [3.05, 3.63) is 34.9 Å². The van der Waals surface area contributed by atoms with Gasteiger partial charge in [-0.15, -0.1) is 0 Å². The summed E-state index contributed by atoms with van der Waals surface area (Å²) in [5.74, 6) is 0.377. The van der Waals surface area contributed by atoms with Gasteiger partial charge >= 0.3 is 0 Å². The van der Waals surface area contributed by atoms with E-state index in [1.807, 2.05) is 30.9 Å². The Morgan fingerprint density at radius 1 is 1.19 bits per heavy atom. The zero-order chi connectivity index (χ0) is 15.4. The SMILES string of the molecule is CC(C)C(=O)N1CCC(NC(C)c2ccc(Cl)cc2)CC1. The van der Waals surface area contributed by atoms with Crippen LogP contribution in [0.2, 0.25) is 5.02 Å². The van der Waals surface area contributed by atoms with E-state index in [0.29, 0.717) is 12.1 Å². The number of hydrogen-bond acceptors (Lipinski definition) is 2. The number of benzene rings is 1. The fourth-order valence-electron chi connectivity index (χ4n) is 2.83. The van der Waals surface area contributed by atoms with E-state index in [1.165, 1.54) is 5.56 Å². The fourth-order valence-corrected chi connectivity index (χ4v) is 2.96. The normalized spacial score (nSPS) is 18.0. The summed E-state index contributed by atoms with van der Waals surface area (Å²) in [6, 6.07) is 8.78. The van der Waals surface area contributed by atoms with Gasteiger partial charge in [0.25, 0.3) is 0 Å². The molecule has 0 aromatic heterocycles. The number of nitrogens with zero attached hydrogens (tertiary/aromatic N) is 1. The predicted molar refractivity (Wildman–Crippen MR) is 87.4 cm³/mol. The molecule has 0 radical (unpaired) electrons. The molecule has 0 saturated carbocycles. The molecule has 4 heteroatoms. The summed E-state index contributed by atoms with van der Waals surface area (Å²) in [5, 5.41) is 4.43. The monoisotopic (exact) mass is 308 g/mol. The van der Waals surface area contributed by atoms with E-state index in [2.05, 4.69) is 24.4 Å². The van der Waals surface area contributed by atoms with E-state index in [-0.39, 0.29) is 11.8 Å². The van der Waals surface area contributed by atoms with Crippen LogP contribution < -0.4 is 5.32 Å². The highest BCUT2D eigenvalue weighted by Crippen LogP contribution is 2.20. The van der Waals surface area contributed by atoms with E-state index in [9.17, 15) is 4.79 Å². The third-order valence-electron chi connectivity index (χ3n) is 4.16. The minimum Gasteiger partial charge on any atom is -0.342 e. The van der Waals surface area contributed by atoms with E-state index in [0.717, 1.165) is 31.0 Å². The van der Waals surface area contributed by atoms with Gasteiger partial charge in [0.1, 0.15) is 0 Å². The fraction of sp³-hybridized carbons (Fsp3) is 0.588. The Morgan fingerprint density at radius 3 is 2.29 bits per heavy atom. The van der Waals surface area contributed by atoms with Gasteiger partial charge in [0, 0.05) is 36.1 Å². The molecule has 1 aliphatic heterocycles. The molecular weight excluding hydrogens is 284 g/mol. The van der Waals surface area contributed by atoms with Crippen LogP contribution in [0.25, 0.3) is 0 Å². The van der Waals surface area contributed by atoms with Crippen molar-refractivity contribution >= 4 is 17.5 Å². The predicted octanol–water partition coefficient (Wildman–Crippen LogP) is 3.64. The van der Waals surface area contributed by atoms with Crippen LogP contribution in [0.4, 0.5) is 0 Å². The molecular formula is C17H25ClN2O. The number of carbonyl (C=O) groups is 1. The lowest BCUT2D eigenvalue weighted by Gasteiger charge is -2.35. The number of hydrogen-bond donors (Lipinski definition) is 1. The van der Waals surface area contributed by atoms with Crippen molar-refractivity contribution in [3.63, 3.8) is 0 Å². The smallest absolute Gasteiger partial charge is 0.225 e. The third kappa shape index (κ3) is 4.45. The van der Waals surface area contributed by atoms with E-state index < -0.39 is 0 Å². The van der Waals surface area contributed by atoms with Gasteiger partial charge in [-0.2, -0.15) is 0 Å². The molecule has 0 bridgehead atoms. The summed E-state index contributed by atoms with van der Waals surface area (Å²) < 4.78 is 0. The minimum atomic E-state index is 0.0995. The molecule has 1 aromatic carbocycles. The summed E-state index contributed by atoms with van der Waals surface area (Å²) in [7, 11) is 0. The quantitative estimate of drug-likeness (QED) is 0.921. The molecule has 3 nitrogen and oxygen atoms in total. The van der Waals surface area contributed by atoms with Gasteiger partial charge in [-0.05, 0) is 37.5 Å². The Morgan fingerprint density at radius 2 is 1.76 bits per heavy atom. The first-order chi connectivity index (χ1) is 9.97. The molecule has 1 atom stereocenters. The maximum Gasteiger partial charge on any atom is 0.225 e. The van der Waals surface area contributed by atoms with Crippen LogP contribution in [0.5, 0.6) is 0 Å².